The predicted octanol–water partition coefficient (Wildman–Crippen LogP) is 2.69. The summed E-state index contributed by atoms with van der Waals surface area (Å²) in [6, 6.07) is 6.13. The van der Waals surface area contributed by atoms with Crippen LogP contribution in [0.15, 0.2) is 41.3 Å². The van der Waals surface area contributed by atoms with Crippen molar-refractivity contribution in [2.75, 3.05) is 6.54 Å². The Hall–Kier alpha value is -2.54. The summed E-state index contributed by atoms with van der Waals surface area (Å²) in [6.07, 6.45) is 9.36. The number of nitrogens with zero attached hydrogens (tertiary/aromatic N) is 6. The van der Waals surface area contributed by atoms with E-state index in [4.69, 9.17) is 4.52 Å². The number of pyridine rings is 1. The van der Waals surface area contributed by atoms with E-state index < -0.39 is 0 Å². The SMILES string of the molecule is Cc1cnn(CC2CCCCN2Cc2nc(-c3ccccn3)no2)c1. The number of rotatable bonds is 5. The first-order chi connectivity index (χ1) is 12.3. The molecule has 25 heavy (non-hydrogen) atoms. The summed E-state index contributed by atoms with van der Waals surface area (Å²) >= 11 is 0. The highest BCUT2D eigenvalue weighted by Gasteiger charge is 2.25. The molecule has 4 rings (SSSR count). The molecular formula is C18H22N6O. The van der Waals surface area contributed by atoms with Crippen LogP contribution in [0.4, 0.5) is 0 Å². The summed E-state index contributed by atoms with van der Waals surface area (Å²) in [6.45, 7) is 4.69. The van der Waals surface area contributed by atoms with E-state index in [1.807, 2.05) is 29.1 Å². The zero-order valence-electron chi connectivity index (χ0n) is 14.4. The molecule has 0 bridgehead atoms. The van der Waals surface area contributed by atoms with Crippen LogP contribution in [0.25, 0.3) is 11.5 Å². The molecule has 130 valence electrons. The molecule has 0 aliphatic carbocycles. The Balaban J connectivity index is 1.45. The molecule has 1 unspecified atom stereocenters. The highest BCUT2D eigenvalue weighted by Crippen LogP contribution is 2.21. The third kappa shape index (κ3) is 3.76. The molecule has 0 saturated carbocycles. The lowest BCUT2D eigenvalue weighted by Crippen LogP contribution is -2.41. The van der Waals surface area contributed by atoms with Gasteiger partial charge in [0.2, 0.25) is 11.7 Å². The van der Waals surface area contributed by atoms with Gasteiger partial charge in [-0.15, -0.1) is 0 Å². The number of aryl methyl sites for hydroxylation is 1. The summed E-state index contributed by atoms with van der Waals surface area (Å²) in [5, 5.41) is 8.50. The maximum Gasteiger partial charge on any atom is 0.241 e. The van der Waals surface area contributed by atoms with Gasteiger partial charge in [-0.05, 0) is 44.0 Å². The predicted molar refractivity (Wildman–Crippen MR) is 92.5 cm³/mol. The van der Waals surface area contributed by atoms with Crippen molar-refractivity contribution in [3.63, 3.8) is 0 Å². The van der Waals surface area contributed by atoms with Gasteiger partial charge in [-0.3, -0.25) is 14.6 Å². The average molecular weight is 338 g/mol. The van der Waals surface area contributed by atoms with E-state index in [9.17, 15) is 0 Å². The van der Waals surface area contributed by atoms with Gasteiger partial charge in [0.25, 0.3) is 0 Å². The fourth-order valence-electron chi connectivity index (χ4n) is 3.35. The van der Waals surface area contributed by atoms with Crippen LogP contribution in [0.5, 0.6) is 0 Å². The van der Waals surface area contributed by atoms with Crippen molar-refractivity contribution in [1.29, 1.82) is 0 Å². The maximum absolute atomic E-state index is 5.46. The standard InChI is InChI=1S/C18H22N6O/c1-14-10-20-24(11-14)12-15-6-3-5-9-23(15)13-17-21-18(22-25-17)16-7-2-4-8-19-16/h2,4,7-8,10-11,15H,3,5-6,9,12-13H2,1H3. The Morgan fingerprint density at radius 1 is 1.28 bits per heavy atom. The van der Waals surface area contributed by atoms with E-state index >= 15 is 0 Å². The lowest BCUT2D eigenvalue weighted by molar-refractivity contribution is 0.108. The second-order valence-electron chi connectivity index (χ2n) is 6.59. The van der Waals surface area contributed by atoms with Gasteiger partial charge in [-0.1, -0.05) is 17.6 Å². The van der Waals surface area contributed by atoms with E-state index in [1.54, 1.807) is 6.20 Å². The smallest absolute Gasteiger partial charge is 0.241 e. The first-order valence-corrected chi connectivity index (χ1v) is 8.75. The van der Waals surface area contributed by atoms with Crippen LogP contribution >= 0.6 is 0 Å². The summed E-state index contributed by atoms with van der Waals surface area (Å²) in [5.74, 6) is 1.19. The van der Waals surface area contributed by atoms with Crippen molar-refractivity contribution in [3.8, 4) is 11.5 Å². The van der Waals surface area contributed by atoms with Crippen LogP contribution in [0.1, 0.15) is 30.7 Å². The molecule has 0 radical (unpaired) electrons. The molecular weight excluding hydrogens is 316 g/mol. The number of aromatic nitrogens is 5. The second kappa shape index (κ2) is 7.14. The number of hydrogen-bond donors (Lipinski definition) is 0. The Morgan fingerprint density at radius 2 is 2.24 bits per heavy atom. The fraction of sp³-hybridized carbons (Fsp3) is 0.444. The van der Waals surface area contributed by atoms with E-state index in [2.05, 4.69) is 38.2 Å². The fourth-order valence-corrected chi connectivity index (χ4v) is 3.35. The molecule has 1 atom stereocenters. The van der Waals surface area contributed by atoms with Gasteiger partial charge >= 0.3 is 0 Å². The third-order valence-electron chi connectivity index (χ3n) is 4.61. The summed E-state index contributed by atoms with van der Waals surface area (Å²) in [5.41, 5.74) is 1.93. The molecule has 1 saturated heterocycles. The molecule has 0 aromatic carbocycles. The minimum Gasteiger partial charge on any atom is -0.337 e. The number of piperidine rings is 1. The van der Waals surface area contributed by atoms with Gasteiger partial charge in [0.05, 0.1) is 19.3 Å². The number of likely N-dealkylation sites (tertiary alicyclic amines) is 1. The third-order valence-corrected chi connectivity index (χ3v) is 4.61. The summed E-state index contributed by atoms with van der Waals surface area (Å²) < 4.78 is 7.49. The van der Waals surface area contributed by atoms with E-state index in [0.29, 0.717) is 24.3 Å². The van der Waals surface area contributed by atoms with Crippen molar-refractivity contribution in [2.24, 2.45) is 0 Å². The Bertz CT molecular complexity index is 812. The first kappa shape index (κ1) is 16.0. The van der Waals surface area contributed by atoms with Crippen molar-refractivity contribution >= 4 is 0 Å². The maximum atomic E-state index is 5.46. The molecule has 0 spiro atoms. The first-order valence-electron chi connectivity index (χ1n) is 8.75. The molecule has 1 aliphatic heterocycles. The minimum absolute atomic E-state index is 0.443. The molecule has 7 nitrogen and oxygen atoms in total. The van der Waals surface area contributed by atoms with Crippen LogP contribution in [0, 0.1) is 6.92 Å². The van der Waals surface area contributed by atoms with Gasteiger partial charge in [0.1, 0.15) is 5.69 Å². The normalized spacial score (nSPS) is 18.5. The second-order valence-corrected chi connectivity index (χ2v) is 6.59. The monoisotopic (exact) mass is 338 g/mol. The van der Waals surface area contributed by atoms with Crippen LogP contribution in [0.2, 0.25) is 0 Å². The van der Waals surface area contributed by atoms with Gasteiger partial charge < -0.3 is 4.52 Å². The quantitative estimate of drug-likeness (QED) is 0.712. The zero-order valence-corrected chi connectivity index (χ0v) is 14.4. The van der Waals surface area contributed by atoms with Crippen LogP contribution in [-0.4, -0.2) is 42.4 Å². The van der Waals surface area contributed by atoms with Crippen LogP contribution in [-0.2, 0) is 13.1 Å². The Labute approximate surface area is 146 Å². The van der Waals surface area contributed by atoms with E-state index in [0.717, 1.165) is 18.8 Å². The summed E-state index contributed by atoms with van der Waals surface area (Å²) in [7, 11) is 0. The van der Waals surface area contributed by atoms with Gasteiger partial charge in [0, 0.05) is 18.4 Å². The number of hydrogen-bond acceptors (Lipinski definition) is 6. The van der Waals surface area contributed by atoms with E-state index in [1.165, 1.54) is 24.8 Å². The summed E-state index contributed by atoms with van der Waals surface area (Å²) in [4.78, 5) is 11.2. The molecule has 7 heteroatoms. The molecule has 1 fully saturated rings. The minimum atomic E-state index is 0.443. The highest BCUT2D eigenvalue weighted by atomic mass is 16.5. The largest absolute Gasteiger partial charge is 0.337 e. The van der Waals surface area contributed by atoms with Gasteiger partial charge in [0.15, 0.2) is 0 Å². The average Bonchev–Trinajstić information content (AvgIpc) is 3.27. The van der Waals surface area contributed by atoms with E-state index in [-0.39, 0.29) is 0 Å². The Morgan fingerprint density at radius 3 is 3.04 bits per heavy atom. The van der Waals surface area contributed by atoms with Crippen molar-refractivity contribution in [3.05, 3.63) is 48.2 Å². The van der Waals surface area contributed by atoms with Crippen molar-refractivity contribution < 1.29 is 4.52 Å². The van der Waals surface area contributed by atoms with Crippen molar-refractivity contribution in [1.82, 2.24) is 29.8 Å². The van der Waals surface area contributed by atoms with Crippen LogP contribution < -0.4 is 0 Å². The molecule has 3 aromatic heterocycles. The molecule has 1 aliphatic rings. The highest BCUT2D eigenvalue weighted by molar-refractivity contribution is 5.46. The van der Waals surface area contributed by atoms with Crippen molar-refractivity contribution in [2.45, 2.75) is 45.3 Å². The molecule has 0 amide bonds. The van der Waals surface area contributed by atoms with Gasteiger partial charge in [-0.2, -0.15) is 10.1 Å². The molecule has 0 N–H and O–H groups in total. The Kier molecular flexibility index (Phi) is 4.56. The lowest BCUT2D eigenvalue weighted by Gasteiger charge is -2.34. The zero-order chi connectivity index (χ0) is 17.1. The van der Waals surface area contributed by atoms with Gasteiger partial charge in [-0.25, -0.2) is 0 Å². The molecule has 4 heterocycles. The lowest BCUT2D eigenvalue weighted by atomic mass is 10.0. The molecule has 3 aromatic rings. The van der Waals surface area contributed by atoms with Crippen LogP contribution in [0.3, 0.4) is 0 Å². The topological polar surface area (TPSA) is 72.9 Å².